The highest BCUT2D eigenvalue weighted by Gasteiger charge is 2.43. The third kappa shape index (κ3) is 3.04. The van der Waals surface area contributed by atoms with Crippen molar-refractivity contribution in [1.82, 2.24) is 0 Å². The average Bonchev–Trinajstić information content (AvgIpc) is 1.85. The molecule has 0 aromatic heterocycles. The van der Waals surface area contributed by atoms with Crippen LogP contribution in [0.25, 0.3) is 0 Å². The molecule has 0 aromatic rings. The number of rotatable bonds is 4. The van der Waals surface area contributed by atoms with Gasteiger partial charge in [0.05, 0.1) is 6.42 Å². The Bertz CT molecular complexity index is 170. The fraction of sp³-hybridized carbons (Fsp3) is 0.800. The zero-order valence-corrected chi connectivity index (χ0v) is 5.68. The molecule has 0 spiro atoms. The quantitative estimate of drug-likeness (QED) is 0.642. The van der Waals surface area contributed by atoms with Crippen LogP contribution in [0.1, 0.15) is 6.42 Å². The van der Waals surface area contributed by atoms with Crippen molar-refractivity contribution in [2.75, 3.05) is 0 Å². The molecule has 0 heterocycles. The Balaban J connectivity index is 4.15. The van der Waals surface area contributed by atoms with E-state index in [4.69, 9.17) is 10.2 Å². The smallest absolute Gasteiger partial charge is 0.332 e. The molecular weight excluding hydrogens is 184 g/mol. The fourth-order valence-corrected chi connectivity index (χ4v) is 0.434. The summed E-state index contributed by atoms with van der Waals surface area (Å²) in [7, 11) is 0. The predicted molar refractivity (Wildman–Crippen MR) is 29.2 cm³/mol. The molecule has 0 aliphatic carbocycles. The molecule has 2 N–H and O–H groups in total. The van der Waals surface area contributed by atoms with Crippen molar-refractivity contribution in [2.45, 2.75) is 24.9 Å². The second-order valence-electron chi connectivity index (χ2n) is 2.12. The summed E-state index contributed by atoms with van der Waals surface area (Å²) in [6, 6.07) is 0. The first-order valence-electron chi connectivity index (χ1n) is 2.84. The van der Waals surface area contributed by atoms with Gasteiger partial charge in [-0.25, -0.2) is 22.4 Å². The van der Waals surface area contributed by atoms with Gasteiger partial charge in [-0.15, -0.1) is 0 Å². The highest BCUT2D eigenvalue weighted by atomic mass is 19.3. The Morgan fingerprint density at radius 2 is 1.83 bits per heavy atom. The normalized spacial score (nSPS) is 14.8. The lowest BCUT2D eigenvalue weighted by Crippen LogP contribution is -2.35. The monoisotopic (exact) mass is 190 g/mol. The molecule has 0 bridgehead atoms. The third-order valence-electron chi connectivity index (χ3n) is 1.07. The Morgan fingerprint density at radius 1 is 1.42 bits per heavy atom. The first-order chi connectivity index (χ1) is 5.27. The summed E-state index contributed by atoms with van der Waals surface area (Å²) in [5.41, 5.74) is 0. The molecular formula is C5H6F4O3. The number of aliphatic hydroxyl groups excluding tert-OH is 1. The standard InChI is InChI=1S/C5H6F4O3/c6-4(7)5(8,9)1-2(10)3(11)12/h2,4,10H,1H2,(H,11,12). The van der Waals surface area contributed by atoms with Crippen molar-refractivity contribution >= 4 is 5.97 Å². The maximum atomic E-state index is 12.0. The highest BCUT2D eigenvalue weighted by Crippen LogP contribution is 2.27. The first-order valence-corrected chi connectivity index (χ1v) is 2.84. The van der Waals surface area contributed by atoms with E-state index in [1.807, 2.05) is 0 Å². The van der Waals surface area contributed by atoms with Crippen molar-refractivity contribution in [3.8, 4) is 0 Å². The maximum Gasteiger partial charge on any atom is 0.332 e. The van der Waals surface area contributed by atoms with E-state index >= 15 is 0 Å². The second-order valence-corrected chi connectivity index (χ2v) is 2.12. The van der Waals surface area contributed by atoms with E-state index in [1.165, 1.54) is 0 Å². The van der Waals surface area contributed by atoms with Crippen LogP contribution in [-0.4, -0.2) is 34.6 Å². The van der Waals surface area contributed by atoms with Gasteiger partial charge in [-0.05, 0) is 0 Å². The molecule has 0 aromatic carbocycles. The minimum absolute atomic E-state index is 1.78. The van der Waals surface area contributed by atoms with E-state index in [-0.39, 0.29) is 0 Å². The maximum absolute atomic E-state index is 12.0. The van der Waals surface area contributed by atoms with Gasteiger partial charge in [-0.1, -0.05) is 0 Å². The minimum atomic E-state index is -4.46. The van der Waals surface area contributed by atoms with Gasteiger partial charge in [0.2, 0.25) is 0 Å². The van der Waals surface area contributed by atoms with Gasteiger partial charge in [0.1, 0.15) is 0 Å². The average molecular weight is 190 g/mol. The summed E-state index contributed by atoms with van der Waals surface area (Å²) in [5.74, 6) is -6.41. The molecule has 7 heteroatoms. The van der Waals surface area contributed by atoms with E-state index in [0.29, 0.717) is 0 Å². The SMILES string of the molecule is O=C(O)C(O)CC(F)(F)C(F)F. The van der Waals surface area contributed by atoms with Crippen LogP contribution in [0.15, 0.2) is 0 Å². The molecule has 0 amide bonds. The van der Waals surface area contributed by atoms with Crippen LogP contribution in [0.4, 0.5) is 17.6 Å². The van der Waals surface area contributed by atoms with Gasteiger partial charge in [-0.3, -0.25) is 0 Å². The van der Waals surface area contributed by atoms with E-state index < -0.39 is 30.8 Å². The van der Waals surface area contributed by atoms with Crippen molar-refractivity contribution in [2.24, 2.45) is 0 Å². The first kappa shape index (κ1) is 11.2. The zero-order valence-electron chi connectivity index (χ0n) is 5.68. The molecule has 3 nitrogen and oxygen atoms in total. The van der Waals surface area contributed by atoms with Crippen LogP contribution in [0.3, 0.4) is 0 Å². The van der Waals surface area contributed by atoms with Crippen LogP contribution in [0, 0.1) is 0 Å². The van der Waals surface area contributed by atoms with Gasteiger partial charge in [0, 0.05) is 0 Å². The largest absolute Gasteiger partial charge is 0.479 e. The summed E-state index contributed by atoms with van der Waals surface area (Å²) in [5, 5.41) is 16.2. The summed E-state index contributed by atoms with van der Waals surface area (Å²) in [6.07, 6.45) is -8.21. The third-order valence-corrected chi connectivity index (χ3v) is 1.07. The van der Waals surface area contributed by atoms with Gasteiger partial charge in [0.25, 0.3) is 0 Å². The molecule has 0 aliphatic rings. The van der Waals surface area contributed by atoms with Gasteiger partial charge >= 0.3 is 18.3 Å². The summed E-state index contributed by atoms with van der Waals surface area (Å²) in [6.45, 7) is 0. The topological polar surface area (TPSA) is 57.5 Å². The molecule has 0 aliphatic heterocycles. The van der Waals surface area contributed by atoms with Crippen LogP contribution >= 0.6 is 0 Å². The molecule has 0 radical (unpaired) electrons. The van der Waals surface area contributed by atoms with E-state index in [0.717, 1.165) is 0 Å². The van der Waals surface area contributed by atoms with Crippen LogP contribution in [-0.2, 0) is 4.79 Å². The molecule has 0 saturated heterocycles. The second kappa shape index (κ2) is 3.70. The zero-order chi connectivity index (χ0) is 9.94. The Labute approximate surface area is 64.6 Å². The van der Waals surface area contributed by atoms with Gasteiger partial charge < -0.3 is 10.2 Å². The van der Waals surface area contributed by atoms with E-state index in [9.17, 15) is 22.4 Å². The molecule has 0 fully saturated rings. The van der Waals surface area contributed by atoms with Gasteiger partial charge in [-0.2, -0.15) is 0 Å². The number of halogens is 4. The number of aliphatic hydroxyl groups is 1. The van der Waals surface area contributed by atoms with Crippen LogP contribution in [0.2, 0.25) is 0 Å². The molecule has 12 heavy (non-hydrogen) atoms. The highest BCUT2D eigenvalue weighted by molar-refractivity contribution is 5.71. The Hall–Kier alpha value is -0.850. The number of hydrogen-bond acceptors (Lipinski definition) is 2. The minimum Gasteiger partial charge on any atom is -0.479 e. The molecule has 1 atom stereocenters. The number of carbonyl (C=O) groups is 1. The molecule has 0 rings (SSSR count). The lowest BCUT2D eigenvalue weighted by molar-refractivity contribution is -0.168. The molecule has 72 valence electrons. The molecule has 0 saturated carbocycles. The summed E-state index contributed by atoms with van der Waals surface area (Å²) in [4.78, 5) is 9.77. The number of carboxylic acids is 1. The number of carboxylic acid groups (broad SMARTS) is 1. The summed E-state index contributed by atoms with van der Waals surface area (Å²) < 4.78 is 46.7. The van der Waals surface area contributed by atoms with Crippen LogP contribution in [0.5, 0.6) is 0 Å². The van der Waals surface area contributed by atoms with E-state index in [1.54, 1.807) is 0 Å². The van der Waals surface area contributed by atoms with Crippen molar-refractivity contribution in [3.63, 3.8) is 0 Å². The van der Waals surface area contributed by atoms with Crippen LogP contribution < -0.4 is 0 Å². The lowest BCUT2D eigenvalue weighted by Gasteiger charge is -2.16. The Kier molecular flexibility index (Phi) is 3.44. The van der Waals surface area contributed by atoms with Crippen molar-refractivity contribution < 1.29 is 32.6 Å². The number of alkyl halides is 4. The van der Waals surface area contributed by atoms with E-state index in [2.05, 4.69) is 0 Å². The lowest BCUT2D eigenvalue weighted by atomic mass is 10.1. The predicted octanol–water partition coefficient (Wildman–Crippen LogP) is 0.722. The number of aliphatic carboxylic acids is 1. The fourth-order valence-electron chi connectivity index (χ4n) is 0.434. The molecule has 1 unspecified atom stereocenters. The van der Waals surface area contributed by atoms with Gasteiger partial charge in [0.15, 0.2) is 6.10 Å². The number of hydrogen-bond donors (Lipinski definition) is 2. The Morgan fingerprint density at radius 3 is 2.08 bits per heavy atom. The summed E-state index contributed by atoms with van der Waals surface area (Å²) >= 11 is 0. The van der Waals surface area contributed by atoms with Crippen molar-refractivity contribution in [1.29, 1.82) is 0 Å². The van der Waals surface area contributed by atoms with Crippen molar-refractivity contribution in [3.05, 3.63) is 0 Å².